The lowest BCUT2D eigenvalue weighted by Crippen LogP contribution is -2.32. The van der Waals surface area contributed by atoms with Gasteiger partial charge in [0, 0.05) is 16.6 Å². The summed E-state index contributed by atoms with van der Waals surface area (Å²) in [5, 5.41) is 1.14. The summed E-state index contributed by atoms with van der Waals surface area (Å²) >= 11 is 11.8. The normalized spacial score (nSPS) is 24.0. The van der Waals surface area contributed by atoms with Crippen LogP contribution in [0.1, 0.15) is 19.4 Å². The van der Waals surface area contributed by atoms with Crippen molar-refractivity contribution in [1.82, 2.24) is 4.90 Å². The largest absolute Gasteiger partial charge is 0.444 e. The van der Waals surface area contributed by atoms with Gasteiger partial charge in [-0.2, -0.15) is 0 Å². The predicted molar refractivity (Wildman–Crippen MR) is 67.4 cm³/mol. The quantitative estimate of drug-likeness (QED) is 0.822. The second kappa shape index (κ2) is 4.75. The monoisotopic (exact) mass is 273 g/mol. The van der Waals surface area contributed by atoms with Crippen molar-refractivity contribution < 1.29 is 9.53 Å². The van der Waals surface area contributed by atoms with E-state index in [4.69, 9.17) is 27.9 Å². The standard InChI is InChI=1S/C12H13Cl2NO2/c1-7-8(2)17-12(16)15(7)6-9-3-10(13)5-11(14)4-9/h3-5,7-8H,6H2,1-2H3/t7-,8-/m1/s1. The number of nitrogens with zero attached hydrogens (tertiary/aromatic N) is 1. The Morgan fingerprint density at radius 2 is 1.82 bits per heavy atom. The van der Waals surface area contributed by atoms with Gasteiger partial charge in [0.25, 0.3) is 0 Å². The highest BCUT2D eigenvalue weighted by atomic mass is 35.5. The van der Waals surface area contributed by atoms with E-state index >= 15 is 0 Å². The van der Waals surface area contributed by atoms with Crippen LogP contribution in [-0.4, -0.2) is 23.1 Å². The number of cyclic esters (lactones) is 1. The fourth-order valence-electron chi connectivity index (χ4n) is 1.85. The zero-order valence-corrected chi connectivity index (χ0v) is 11.1. The molecule has 0 radical (unpaired) electrons. The van der Waals surface area contributed by atoms with E-state index in [1.165, 1.54) is 0 Å². The van der Waals surface area contributed by atoms with E-state index in [1.807, 2.05) is 13.8 Å². The maximum atomic E-state index is 11.6. The summed E-state index contributed by atoms with van der Waals surface area (Å²) in [7, 11) is 0. The first-order valence-electron chi connectivity index (χ1n) is 5.39. The molecule has 0 aliphatic carbocycles. The number of ether oxygens (including phenoxy) is 1. The molecule has 0 saturated carbocycles. The number of carbonyl (C=O) groups is 1. The molecule has 92 valence electrons. The summed E-state index contributed by atoms with van der Waals surface area (Å²) < 4.78 is 5.14. The van der Waals surface area contributed by atoms with Crippen molar-refractivity contribution in [3.05, 3.63) is 33.8 Å². The van der Waals surface area contributed by atoms with Crippen molar-refractivity contribution in [2.45, 2.75) is 32.5 Å². The highest BCUT2D eigenvalue weighted by Crippen LogP contribution is 2.24. The molecule has 2 rings (SSSR count). The maximum Gasteiger partial charge on any atom is 0.410 e. The Kier molecular flexibility index (Phi) is 3.50. The van der Waals surface area contributed by atoms with Crippen LogP contribution in [-0.2, 0) is 11.3 Å². The van der Waals surface area contributed by atoms with Gasteiger partial charge in [-0.15, -0.1) is 0 Å². The number of halogens is 2. The molecule has 1 aliphatic rings. The highest BCUT2D eigenvalue weighted by Gasteiger charge is 2.35. The summed E-state index contributed by atoms with van der Waals surface area (Å²) in [6.45, 7) is 4.31. The first-order valence-corrected chi connectivity index (χ1v) is 6.15. The van der Waals surface area contributed by atoms with Crippen LogP contribution in [0.5, 0.6) is 0 Å². The maximum absolute atomic E-state index is 11.6. The van der Waals surface area contributed by atoms with Gasteiger partial charge in [-0.05, 0) is 37.6 Å². The lowest BCUT2D eigenvalue weighted by Gasteiger charge is -2.19. The number of hydrogen-bond acceptors (Lipinski definition) is 2. The van der Waals surface area contributed by atoms with Crippen molar-refractivity contribution in [1.29, 1.82) is 0 Å². The Labute approximate surface area is 110 Å². The molecule has 1 aliphatic heterocycles. The second-order valence-electron chi connectivity index (χ2n) is 4.24. The van der Waals surface area contributed by atoms with Crippen LogP contribution in [0.15, 0.2) is 18.2 Å². The molecule has 0 bridgehead atoms. The van der Waals surface area contributed by atoms with Crippen LogP contribution in [0.3, 0.4) is 0 Å². The van der Waals surface area contributed by atoms with Gasteiger partial charge < -0.3 is 4.74 Å². The fraction of sp³-hybridized carbons (Fsp3) is 0.417. The first-order chi connectivity index (χ1) is 7.97. The van der Waals surface area contributed by atoms with E-state index in [1.54, 1.807) is 23.1 Å². The fourth-order valence-corrected chi connectivity index (χ4v) is 2.42. The smallest absolute Gasteiger partial charge is 0.410 e. The molecule has 1 fully saturated rings. The van der Waals surface area contributed by atoms with Gasteiger partial charge in [0.05, 0.1) is 6.04 Å². The predicted octanol–water partition coefficient (Wildman–Crippen LogP) is 3.72. The summed E-state index contributed by atoms with van der Waals surface area (Å²) in [5.74, 6) is 0. The molecule has 3 nitrogen and oxygen atoms in total. The molecule has 0 spiro atoms. The molecule has 1 heterocycles. The van der Waals surface area contributed by atoms with E-state index in [2.05, 4.69) is 0 Å². The molecule has 5 heteroatoms. The molecule has 0 aromatic heterocycles. The molecular weight excluding hydrogens is 261 g/mol. The Balaban J connectivity index is 2.18. The number of benzene rings is 1. The lowest BCUT2D eigenvalue weighted by molar-refractivity contribution is 0.137. The Morgan fingerprint density at radius 3 is 2.29 bits per heavy atom. The van der Waals surface area contributed by atoms with Gasteiger partial charge in [0.15, 0.2) is 0 Å². The van der Waals surface area contributed by atoms with Crippen molar-refractivity contribution in [2.75, 3.05) is 0 Å². The van der Waals surface area contributed by atoms with Crippen LogP contribution < -0.4 is 0 Å². The van der Waals surface area contributed by atoms with Gasteiger partial charge in [0.1, 0.15) is 6.10 Å². The minimum atomic E-state index is -0.291. The third kappa shape index (κ3) is 2.67. The number of rotatable bonds is 2. The zero-order chi connectivity index (χ0) is 12.6. The lowest BCUT2D eigenvalue weighted by atomic mass is 10.1. The second-order valence-corrected chi connectivity index (χ2v) is 5.11. The van der Waals surface area contributed by atoms with Gasteiger partial charge in [0.2, 0.25) is 0 Å². The molecule has 1 amide bonds. The third-order valence-electron chi connectivity index (χ3n) is 2.97. The Bertz CT molecular complexity index is 430. The summed E-state index contributed by atoms with van der Waals surface area (Å²) in [6.07, 6.45) is -0.377. The van der Waals surface area contributed by atoms with Crippen LogP contribution in [0.25, 0.3) is 0 Å². The topological polar surface area (TPSA) is 29.5 Å². The van der Waals surface area contributed by atoms with Crippen LogP contribution in [0.4, 0.5) is 4.79 Å². The molecule has 0 unspecified atom stereocenters. The number of carbonyl (C=O) groups excluding carboxylic acids is 1. The third-order valence-corrected chi connectivity index (χ3v) is 3.40. The molecule has 1 aromatic carbocycles. The first kappa shape index (κ1) is 12.5. The summed E-state index contributed by atoms with van der Waals surface area (Å²) in [6, 6.07) is 5.33. The molecule has 1 saturated heterocycles. The van der Waals surface area contributed by atoms with Crippen LogP contribution in [0.2, 0.25) is 10.0 Å². The van der Waals surface area contributed by atoms with Crippen LogP contribution in [0, 0.1) is 0 Å². The average Bonchev–Trinajstić information content (AvgIpc) is 2.44. The van der Waals surface area contributed by atoms with Crippen LogP contribution >= 0.6 is 23.2 Å². The average molecular weight is 274 g/mol. The molecule has 0 N–H and O–H groups in total. The van der Waals surface area contributed by atoms with Crippen molar-refractivity contribution in [2.24, 2.45) is 0 Å². The molecular formula is C12H13Cl2NO2. The minimum absolute atomic E-state index is 0.0558. The summed E-state index contributed by atoms with van der Waals surface area (Å²) in [5.41, 5.74) is 0.903. The highest BCUT2D eigenvalue weighted by molar-refractivity contribution is 6.34. The van der Waals surface area contributed by atoms with E-state index in [9.17, 15) is 4.79 Å². The van der Waals surface area contributed by atoms with E-state index in [-0.39, 0.29) is 18.2 Å². The zero-order valence-electron chi connectivity index (χ0n) is 9.61. The van der Waals surface area contributed by atoms with Crippen molar-refractivity contribution in [3.8, 4) is 0 Å². The number of amides is 1. The van der Waals surface area contributed by atoms with Gasteiger partial charge >= 0.3 is 6.09 Å². The molecule has 1 aromatic rings. The molecule has 2 atom stereocenters. The van der Waals surface area contributed by atoms with Gasteiger partial charge in [-0.1, -0.05) is 23.2 Å². The molecule has 17 heavy (non-hydrogen) atoms. The van der Waals surface area contributed by atoms with Gasteiger partial charge in [-0.25, -0.2) is 4.79 Å². The minimum Gasteiger partial charge on any atom is -0.444 e. The Hall–Kier alpha value is -0.930. The van der Waals surface area contributed by atoms with E-state index < -0.39 is 0 Å². The Morgan fingerprint density at radius 1 is 1.24 bits per heavy atom. The van der Waals surface area contributed by atoms with E-state index in [0.29, 0.717) is 16.6 Å². The van der Waals surface area contributed by atoms with Crippen molar-refractivity contribution >= 4 is 29.3 Å². The summed E-state index contributed by atoms with van der Waals surface area (Å²) in [4.78, 5) is 13.3. The SMILES string of the molecule is C[C@@H]1[C@@H](C)OC(=O)N1Cc1cc(Cl)cc(Cl)c1. The van der Waals surface area contributed by atoms with E-state index in [0.717, 1.165) is 5.56 Å². The van der Waals surface area contributed by atoms with Crippen molar-refractivity contribution in [3.63, 3.8) is 0 Å². The number of hydrogen-bond donors (Lipinski definition) is 0. The van der Waals surface area contributed by atoms with Gasteiger partial charge in [-0.3, -0.25) is 4.90 Å².